The Bertz CT molecular complexity index is 292. The van der Waals surface area contributed by atoms with E-state index in [4.69, 9.17) is 0 Å². The van der Waals surface area contributed by atoms with Gasteiger partial charge in [-0.25, -0.2) is 0 Å². The molecule has 1 aromatic rings. The molecule has 0 aliphatic heterocycles. The first-order chi connectivity index (χ1) is 7.59. The number of rotatable bonds is 2. The van der Waals surface area contributed by atoms with E-state index < -0.39 is 0 Å². The molecule has 0 fully saturated rings. The van der Waals surface area contributed by atoms with Gasteiger partial charge in [0.05, 0.1) is 17.9 Å². The highest BCUT2D eigenvalue weighted by Gasteiger charge is 2.01. The monoisotopic (exact) mass is 227 g/mol. The van der Waals surface area contributed by atoms with Gasteiger partial charge in [-0.2, -0.15) is 5.10 Å². The van der Waals surface area contributed by atoms with Crippen molar-refractivity contribution in [3.8, 4) is 0 Å². The fourth-order valence-electron chi connectivity index (χ4n) is 1.04. The lowest BCUT2D eigenvalue weighted by molar-refractivity contribution is -0.119. The molecule has 4 heteroatoms. The molecule has 16 heavy (non-hydrogen) atoms. The van der Waals surface area contributed by atoms with Crippen LogP contribution in [0, 0.1) is 6.92 Å². The Morgan fingerprint density at radius 2 is 1.88 bits per heavy atom. The molecule has 0 aliphatic rings. The lowest BCUT2D eigenvalue weighted by Gasteiger charge is -2.01. The molecule has 1 amide bonds. The number of carbonyl (C=O) groups excluding carboxylic acids is 1. The van der Waals surface area contributed by atoms with Gasteiger partial charge in [-0.1, -0.05) is 27.7 Å². The summed E-state index contributed by atoms with van der Waals surface area (Å²) in [5.41, 5.74) is 1.99. The number of nitrogens with one attached hydrogen (secondary N) is 1. The summed E-state index contributed by atoms with van der Waals surface area (Å²) < 4.78 is 1.77. The van der Waals surface area contributed by atoms with E-state index >= 15 is 0 Å². The molecule has 0 unspecified atom stereocenters. The Labute approximate surface area is 99.0 Å². The van der Waals surface area contributed by atoms with E-state index in [1.54, 1.807) is 4.68 Å². The highest BCUT2D eigenvalue weighted by molar-refractivity contribution is 5.72. The van der Waals surface area contributed by atoms with Crippen molar-refractivity contribution in [1.29, 1.82) is 0 Å². The predicted molar refractivity (Wildman–Crippen MR) is 68.2 cm³/mol. The van der Waals surface area contributed by atoms with Crippen LogP contribution in [0.3, 0.4) is 0 Å². The molecule has 1 heterocycles. The SMILES string of the molecule is CC.CC.CC(=O)NCc1cc(C)nn1C. The maximum atomic E-state index is 10.6. The predicted octanol–water partition coefficient (Wildman–Crippen LogP) is 2.42. The van der Waals surface area contributed by atoms with Gasteiger partial charge >= 0.3 is 0 Å². The van der Waals surface area contributed by atoms with Crippen LogP contribution in [-0.4, -0.2) is 15.7 Å². The van der Waals surface area contributed by atoms with Crippen LogP contribution >= 0.6 is 0 Å². The topological polar surface area (TPSA) is 46.9 Å². The van der Waals surface area contributed by atoms with E-state index in [1.165, 1.54) is 6.92 Å². The highest BCUT2D eigenvalue weighted by Crippen LogP contribution is 2.00. The maximum Gasteiger partial charge on any atom is 0.217 e. The second kappa shape index (κ2) is 10.2. The first-order valence-corrected chi connectivity index (χ1v) is 5.83. The number of aryl methyl sites for hydroxylation is 2. The fraction of sp³-hybridized carbons (Fsp3) is 0.667. The second-order valence-corrected chi connectivity index (χ2v) is 2.81. The molecule has 1 aromatic heterocycles. The van der Waals surface area contributed by atoms with Gasteiger partial charge in [0, 0.05) is 14.0 Å². The minimum atomic E-state index is -0.0196. The van der Waals surface area contributed by atoms with Gasteiger partial charge in [-0.3, -0.25) is 9.48 Å². The van der Waals surface area contributed by atoms with Crippen molar-refractivity contribution < 1.29 is 4.79 Å². The number of amides is 1. The van der Waals surface area contributed by atoms with Crippen molar-refractivity contribution in [1.82, 2.24) is 15.1 Å². The fourth-order valence-corrected chi connectivity index (χ4v) is 1.04. The molecule has 0 saturated carbocycles. The van der Waals surface area contributed by atoms with E-state index in [0.717, 1.165) is 11.4 Å². The summed E-state index contributed by atoms with van der Waals surface area (Å²) >= 11 is 0. The molecular formula is C12H25N3O. The normalized spacial score (nSPS) is 8.19. The number of nitrogens with zero attached hydrogens (tertiary/aromatic N) is 2. The molecule has 94 valence electrons. The molecular weight excluding hydrogens is 202 g/mol. The molecule has 0 bridgehead atoms. The number of hydrogen-bond acceptors (Lipinski definition) is 2. The Morgan fingerprint density at radius 1 is 1.38 bits per heavy atom. The maximum absolute atomic E-state index is 10.6. The van der Waals surface area contributed by atoms with Crippen LogP contribution in [-0.2, 0) is 18.4 Å². The Balaban J connectivity index is 0. The van der Waals surface area contributed by atoms with Crippen molar-refractivity contribution in [2.45, 2.75) is 48.1 Å². The van der Waals surface area contributed by atoms with Gasteiger partial charge in [-0.15, -0.1) is 0 Å². The Hall–Kier alpha value is -1.32. The van der Waals surface area contributed by atoms with E-state index in [2.05, 4.69) is 10.4 Å². The number of carbonyl (C=O) groups is 1. The first-order valence-electron chi connectivity index (χ1n) is 5.83. The summed E-state index contributed by atoms with van der Waals surface area (Å²) in [6.07, 6.45) is 0. The van der Waals surface area contributed by atoms with Gasteiger partial charge in [-0.05, 0) is 13.0 Å². The van der Waals surface area contributed by atoms with Crippen LogP contribution < -0.4 is 5.32 Å². The number of hydrogen-bond donors (Lipinski definition) is 1. The third-order valence-corrected chi connectivity index (χ3v) is 1.62. The van der Waals surface area contributed by atoms with Crippen molar-refractivity contribution in [3.63, 3.8) is 0 Å². The third-order valence-electron chi connectivity index (χ3n) is 1.62. The van der Waals surface area contributed by atoms with Crippen molar-refractivity contribution in [2.24, 2.45) is 7.05 Å². The Kier molecular flexibility index (Phi) is 10.9. The standard InChI is InChI=1S/C8H13N3O.2C2H6/c1-6-4-8(11(3)10-6)5-9-7(2)12;2*1-2/h4H,5H2,1-3H3,(H,9,12);2*1-2H3. The van der Waals surface area contributed by atoms with Crippen LogP contribution in [0.2, 0.25) is 0 Å². The lowest BCUT2D eigenvalue weighted by Crippen LogP contribution is -2.20. The van der Waals surface area contributed by atoms with Gasteiger partial charge < -0.3 is 5.32 Å². The average Bonchev–Trinajstić information content (AvgIpc) is 2.60. The minimum absolute atomic E-state index is 0.0196. The zero-order chi connectivity index (χ0) is 13.1. The molecule has 0 atom stereocenters. The summed E-state index contributed by atoms with van der Waals surface area (Å²) in [7, 11) is 1.87. The second-order valence-electron chi connectivity index (χ2n) is 2.81. The van der Waals surface area contributed by atoms with E-state index in [-0.39, 0.29) is 5.91 Å². The van der Waals surface area contributed by atoms with Crippen LogP contribution in [0.4, 0.5) is 0 Å². The smallest absolute Gasteiger partial charge is 0.217 e. The average molecular weight is 227 g/mol. The van der Waals surface area contributed by atoms with Crippen LogP contribution in [0.25, 0.3) is 0 Å². The van der Waals surface area contributed by atoms with Crippen molar-refractivity contribution >= 4 is 5.91 Å². The van der Waals surface area contributed by atoms with Gasteiger partial charge in [0.25, 0.3) is 0 Å². The summed E-state index contributed by atoms with van der Waals surface area (Å²) in [5, 5.41) is 6.87. The summed E-state index contributed by atoms with van der Waals surface area (Å²) in [6, 6.07) is 1.95. The molecule has 0 aromatic carbocycles. The largest absolute Gasteiger partial charge is 0.351 e. The summed E-state index contributed by atoms with van der Waals surface area (Å²) in [5.74, 6) is -0.0196. The third kappa shape index (κ3) is 7.04. The quantitative estimate of drug-likeness (QED) is 0.843. The molecule has 0 spiro atoms. The molecule has 4 nitrogen and oxygen atoms in total. The summed E-state index contributed by atoms with van der Waals surface area (Å²) in [6.45, 7) is 12.0. The Morgan fingerprint density at radius 3 is 2.19 bits per heavy atom. The zero-order valence-corrected chi connectivity index (χ0v) is 11.6. The minimum Gasteiger partial charge on any atom is -0.351 e. The van der Waals surface area contributed by atoms with Crippen LogP contribution in [0.1, 0.15) is 46.0 Å². The number of aromatic nitrogens is 2. The van der Waals surface area contributed by atoms with Gasteiger partial charge in [0.2, 0.25) is 5.91 Å². The molecule has 1 rings (SSSR count). The molecule has 1 N–H and O–H groups in total. The zero-order valence-electron chi connectivity index (χ0n) is 11.6. The molecule has 0 radical (unpaired) electrons. The summed E-state index contributed by atoms with van der Waals surface area (Å²) in [4.78, 5) is 10.6. The van der Waals surface area contributed by atoms with E-state index in [1.807, 2.05) is 47.7 Å². The first kappa shape index (κ1) is 17.1. The molecule has 0 saturated heterocycles. The van der Waals surface area contributed by atoms with E-state index in [0.29, 0.717) is 6.54 Å². The van der Waals surface area contributed by atoms with Gasteiger partial charge in [0.1, 0.15) is 0 Å². The van der Waals surface area contributed by atoms with Crippen molar-refractivity contribution in [3.05, 3.63) is 17.5 Å². The van der Waals surface area contributed by atoms with Crippen LogP contribution in [0.5, 0.6) is 0 Å². The van der Waals surface area contributed by atoms with E-state index in [9.17, 15) is 4.79 Å². The highest BCUT2D eigenvalue weighted by atomic mass is 16.1. The van der Waals surface area contributed by atoms with Crippen molar-refractivity contribution in [2.75, 3.05) is 0 Å². The lowest BCUT2D eigenvalue weighted by atomic mass is 10.3. The molecule has 0 aliphatic carbocycles. The van der Waals surface area contributed by atoms with Crippen LogP contribution in [0.15, 0.2) is 6.07 Å². The van der Waals surface area contributed by atoms with Gasteiger partial charge in [0.15, 0.2) is 0 Å².